The summed E-state index contributed by atoms with van der Waals surface area (Å²) < 4.78 is 32.6. The molecule has 0 saturated carbocycles. The van der Waals surface area contributed by atoms with Crippen molar-refractivity contribution in [1.29, 1.82) is 0 Å². The topological polar surface area (TPSA) is 122 Å². The monoisotopic (exact) mass is 455 g/mol. The molecule has 0 radical (unpaired) electrons. The molecule has 168 valence electrons. The van der Waals surface area contributed by atoms with Gasteiger partial charge in [0.1, 0.15) is 11.6 Å². The van der Waals surface area contributed by atoms with Gasteiger partial charge in [0.25, 0.3) is 0 Å². The number of ketones is 1. The first-order chi connectivity index (χ1) is 15.3. The van der Waals surface area contributed by atoms with E-state index in [9.17, 15) is 13.2 Å². The molecule has 3 rings (SSSR count). The van der Waals surface area contributed by atoms with Gasteiger partial charge in [-0.3, -0.25) is 4.79 Å². The molecule has 0 aliphatic rings. The molecule has 32 heavy (non-hydrogen) atoms. The largest absolute Gasteiger partial charge is 0.497 e. The lowest BCUT2D eigenvalue weighted by molar-refractivity contribution is 0.101. The minimum atomic E-state index is -3.74. The number of nitrogens with zero attached hydrogens (tertiary/aromatic N) is 2. The van der Waals surface area contributed by atoms with E-state index in [4.69, 9.17) is 4.74 Å². The van der Waals surface area contributed by atoms with Gasteiger partial charge in [-0.15, -0.1) is 0 Å². The number of rotatable bonds is 10. The third-order valence-corrected chi connectivity index (χ3v) is 5.93. The molecule has 10 heteroatoms. The van der Waals surface area contributed by atoms with E-state index in [1.165, 1.54) is 19.1 Å². The van der Waals surface area contributed by atoms with Crippen molar-refractivity contribution in [2.24, 2.45) is 0 Å². The maximum atomic E-state index is 12.5. The lowest BCUT2D eigenvalue weighted by Crippen LogP contribution is -2.29. The normalized spacial score (nSPS) is 11.1. The molecule has 0 amide bonds. The second-order valence-corrected chi connectivity index (χ2v) is 8.75. The highest BCUT2D eigenvalue weighted by atomic mass is 32.2. The molecule has 0 bridgehead atoms. The second-order valence-electron chi connectivity index (χ2n) is 6.98. The number of methoxy groups -OCH3 is 1. The van der Waals surface area contributed by atoms with Crippen molar-refractivity contribution in [3.63, 3.8) is 0 Å². The summed E-state index contributed by atoms with van der Waals surface area (Å²) in [5, 5.41) is 6.22. The zero-order chi connectivity index (χ0) is 23.1. The van der Waals surface area contributed by atoms with E-state index in [-0.39, 0.29) is 23.8 Å². The van der Waals surface area contributed by atoms with Crippen molar-refractivity contribution in [1.82, 2.24) is 14.7 Å². The summed E-state index contributed by atoms with van der Waals surface area (Å²) >= 11 is 0. The van der Waals surface area contributed by atoms with Crippen LogP contribution in [0.5, 0.6) is 5.75 Å². The van der Waals surface area contributed by atoms with Gasteiger partial charge < -0.3 is 15.4 Å². The molecule has 0 aliphatic heterocycles. The Morgan fingerprint density at radius 1 is 1.03 bits per heavy atom. The Labute approximate surface area is 187 Å². The summed E-state index contributed by atoms with van der Waals surface area (Å²) in [6.45, 7) is 3.63. The van der Waals surface area contributed by atoms with Crippen LogP contribution in [0.3, 0.4) is 0 Å². The molecular formula is C22H25N5O4S. The quantitative estimate of drug-likeness (QED) is 0.315. The minimum Gasteiger partial charge on any atom is -0.497 e. The lowest BCUT2D eigenvalue weighted by atomic mass is 10.2. The molecule has 1 aromatic heterocycles. The van der Waals surface area contributed by atoms with Crippen LogP contribution in [0.15, 0.2) is 59.5 Å². The van der Waals surface area contributed by atoms with Crippen LogP contribution in [-0.2, 0) is 10.0 Å². The summed E-state index contributed by atoms with van der Waals surface area (Å²) in [6, 6.07) is 15.2. The van der Waals surface area contributed by atoms with Gasteiger partial charge in [0.2, 0.25) is 16.0 Å². The smallest absolute Gasteiger partial charge is 0.240 e. The molecule has 0 spiro atoms. The molecule has 0 saturated heterocycles. The Morgan fingerprint density at radius 2 is 1.78 bits per heavy atom. The SMILES string of the molecule is COc1ccc(Nc2cc(C)nc(NCCNS(=O)(=O)c3cccc(C(C)=O)c3)n2)cc1. The summed E-state index contributed by atoms with van der Waals surface area (Å²) in [7, 11) is -2.13. The van der Waals surface area contributed by atoms with Gasteiger partial charge in [0.15, 0.2) is 5.78 Å². The van der Waals surface area contributed by atoms with Gasteiger partial charge >= 0.3 is 0 Å². The van der Waals surface area contributed by atoms with Gasteiger partial charge in [-0.25, -0.2) is 18.1 Å². The van der Waals surface area contributed by atoms with E-state index in [2.05, 4.69) is 25.3 Å². The van der Waals surface area contributed by atoms with Crippen molar-refractivity contribution >= 4 is 33.3 Å². The highest BCUT2D eigenvalue weighted by Crippen LogP contribution is 2.20. The van der Waals surface area contributed by atoms with Crippen LogP contribution in [0.2, 0.25) is 0 Å². The molecule has 0 atom stereocenters. The zero-order valence-electron chi connectivity index (χ0n) is 18.0. The van der Waals surface area contributed by atoms with Crippen LogP contribution in [0, 0.1) is 6.92 Å². The maximum Gasteiger partial charge on any atom is 0.240 e. The number of aryl methyl sites for hydroxylation is 1. The zero-order valence-corrected chi connectivity index (χ0v) is 18.9. The van der Waals surface area contributed by atoms with Gasteiger partial charge in [-0.2, -0.15) is 4.98 Å². The van der Waals surface area contributed by atoms with Gasteiger partial charge in [-0.1, -0.05) is 12.1 Å². The third kappa shape index (κ3) is 6.25. The summed E-state index contributed by atoms with van der Waals surface area (Å²) in [6.07, 6.45) is 0. The summed E-state index contributed by atoms with van der Waals surface area (Å²) in [5.74, 6) is 1.54. The molecule has 3 N–H and O–H groups in total. The van der Waals surface area contributed by atoms with Crippen LogP contribution < -0.4 is 20.1 Å². The summed E-state index contributed by atoms with van der Waals surface area (Å²) in [4.78, 5) is 20.3. The Balaban J connectivity index is 1.58. The fourth-order valence-corrected chi connectivity index (χ4v) is 3.94. The molecular weight excluding hydrogens is 430 g/mol. The number of ether oxygens (including phenoxy) is 1. The fraction of sp³-hybridized carbons (Fsp3) is 0.227. The number of hydrogen-bond acceptors (Lipinski definition) is 8. The van der Waals surface area contributed by atoms with Crippen LogP contribution >= 0.6 is 0 Å². The average Bonchev–Trinajstić information content (AvgIpc) is 2.77. The number of aromatic nitrogens is 2. The van der Waals surface area contributed by atoms with Crippen LogP contribution in [0.4, 0.5) is 17.5 Å². The number of sulfonamides is 1. The average molecular weight is 456 g/mol. The van der Waals surface area contributed by atoms with Crippen molar-refractivity contribution < 1.29 is 17.9 Å². The fourth-order valence-electron chi connectivity index (χ4n) is 2.86. The van der Waals surface area contributed by atoms with Crippen LogP contribution in [0.1, 0.15) is 23.0 Å². The van der Waals surface area contributed by atoms with E-state index in [0.717, 1.165) is 17.1 Å². The first-order valence-electron chi connectivity index (χ1n) is 9.88. The number of anilines is 3. The van der Waals surface area contributed by atoms with Gasteiger partial charge in [-0.05, 0) is 50.2 Å². The van der Waals surface area contributed by atoms with Gasteiger partial charge in [0, 0.05) is 36.1 Å². The lowest BCUT2D eigenvalue weighted by Gasteiger charge is -2.11. The Morgan fingerprint density at radius 3 is 2.47 bits per heavy atom. The van der Waals surface area contributed by atoms with Crippen LogP contribution in [0.25, 0.3) is 0 Å². The molecule has 1 heterocycles. The molecule has 9 nitrogen and oxygen atoms in total. The van der Waals surface area contributed by atoms with Crippen molar-refractivity contribution in [2.75, 3.05) is 30.8 Å². The Kier molecular flexibility index (Phi) is 7.39. The predicted octanol–water partition coefficient (Wildman–Crippen LogP) is 3.13. The Bertz CT molecular complexity index is 1200. The number of hydrogen-bond donors (Lipinski definition) is 3. The number of benzene rings is 2. The van der Waals surface area contributed by atoms with Crippen LogP contribution in [-0.4, -0.2) is 44.4 Å². The molecule has 0 unspecified atom stereocenters. The van der Waals surface area contributed by atoms with E-state index in [1.54, 1.807) is 25.3 Å². The maximum absolute atomic E-state index is 12.5. The second kappa shape index (κ2) is 10.2. The highest BCUT2D eigenvalue weighted by Gasteiger charge is 2.14. The molecule has 0 aliphatic carbocycles. The number of carbonyl (C=O) groups is 1. The van der Waals surface area contributed by atoms with E-state index in [0.29, 0.717) is 17.3 Å². The molecule has 2 aromatic carbocycles. The van der Waals surface area contributed by atoms with Gasteiger partial charge in [0.05, 0.1) is 12.0 Å². The van der Waals surface area contributed by atoms with Crippen molar-refractivity contribution in [2.45, 2.75) is 18.7 Å². The number of carbonyl (C=O) groups excluding carboxylic acids is 1. The van der Waals surface area contributed by atoms with E-state index >= 15 is 0 Å². The Hall–Kier alpha value is -3.50. The first kappa shape index (κ1) is 23.2. The third-order valence-electron chi connectivity index (χ3n) is 4.47. The van der Waals surface area contributed by atoms with E-state index in [1.807, 2.05) is 31.2 Å². The van der Waals surface area contributed by atoms with Crippen molar-refractivity contribution in [3.05, 3.63) is 65.9 Å². The summed E-state index contributed by atoms with van der Waals surface area (Å²) in [5.41, 5.74) is 1.94. The minimum absolute atomic E-state index is 0.0444. The predicted molar refractivity (Wildman–Crippen MR) is 123 cm³/mol. The molecule has 0 fully saturated rings. The standard InChI is InChI=1S/C22H25N5O4S/c1-15-13-21(26-18-7-9-19(31-3)10-8-18)27-22(25-15)23-11-12-24-32(29,30)20-6-4-5-17(14-20)16(2)28/h4-10,13-14,24H,11-12H2,1-3H3,(H2,23,25,26,27). The van der Waals surface area contributed by atoms with Crippen molar-refractivity contribution in [3.8, 4) is 5.75 Å². The van der Waals surface area contributed by atoms with E-state index < -0.39 is 10.0 Å². The first-order valence-corrected chi connectivity index (χ1v) is 11.4. The number of nitrogens with one attached hydrogen (secondary N) is 3. The highest BCUT2D eigenvalue weighted by molar-refractivity contribution is 7.89. The molecule has 3 aromatic rings. The number of Topliss-reactive ketones (excluding diaryl/α,β-unsaturated/α-hetero) is 1.